The summed E-state index contributed by atoms with van der Waals surface area (Å²) in [6.07, 6.45) is 1.87. The Morgan fingerprint density at radius 3 is 2.78 bits per heavy atom. The van der Waals surface area contributed by atoms with Gasteiger partial charge in [-0.3, -0.25) is 4.79 Å². The first-order valence-electron chi connectivity index (χ1n) is 10.3. The molecule has 3 N–H and O–H groups in total. The van der Waals surface area contributed by atoms with E-state index in [2.05, 4.69) is 10.3 Å². The largest absolute Gasteiger partial charge is 0.504 e. The van der Waals surface area contributed by atoms with Crippen LogP contribution in [0.25, 0.3) is 28.2 Å². The van der Waals surface area contributed by atoms with Gasteiger partial charge in [-0.2, -0.15) is 0 Å². The number of aromatic hydroxyl groups is 1. The van der Waals surface area contributed by atoms with Gasteiger partial charge in [0.2, 0.25) is 5.69 Å². The van der Waals surface area contributed by atoms with Crippen LogP contribution in [-0.4, -0.2) is 59.8 Å². The summed E-state index contributed by atoms with van der Waals surface area (Å²) in [6.45, 7) is 1.36. The number of methoxy groups -OCH3 is 1. The molecule has 0 atom stereocenters. The number of rotatable bonds is 7. The molecule has 4 rings (SSSR count). The van der Waals surface area contributed by atoms with Crippen molar-refractivity contribution in [3.63, 3.8) is 0 Å². The minimum Gasteiger partial charge on any atom is -0.504 e. The highest BCUT2D eigenvalue weighted by molar-refractivity contribution is 5.95. The molecule has 32 heavy (non-hydrogen) atoms. The number of H-pyrrole nitrogens is 1. The van der Waals surface area contributed by atoms with Crippen LogP contribution in [0.4, 0.5) is 0 Å². The van der Waals surface area contributed by atoms with Crippen LogP contribution in [0.1, 0.15) is 10.4 Å². The Balaban J connectivity index is 1.67. The van der Waals surface area contributed by atoms with Crippen LogP contribution in [0, 0.1) is 0 Å². The average molecular weight is 433 g/mol. The van der Waals surface area contributed by atoms with Gasteiger partial charge in [-0.1, -0.05) is 21.7 Å². The summed E-state index contributed by atoms with van der Waals surface area (Å²) >= 11 is 0. The van der Waals surface area contributed by atoms with Gasteiger partial charge in [0, 0.05) is 35.8 Å². The molecular formula is C24H26N5O3+. The van der Waals surface area contributed by atoms with E-state index in [0.717, 1.165) is 34.7 Å². The van der Waals surface area contributed by atoms with E-state index in [9.17, 15) is 9.90 Å². The molecule has 4 aromatic rings. The maximum Gasteiger partial charge on any atom is 0.305 e. The molecule has 2 heterocycles. The van der Waals surface area contributed by atoms with Gasteiger partial charge in [0.25, 0.3) is 5.91 Å². The number of hydrogen-bond donors (Lipinski definition) is 2. The van der Waals surface area contributed by atoms with E-state index in [1.54, 1.807) is 28.8 Å². The molecule has 0 saturated carbocycles. The maximum absolute atomic E-state index is 12.5. The van der Waals surface area contributed by atoms with E-state index in [4.69, 9.17) is 9.84 Å². The highest BCUT2D eigenvalue weighted by Gasteiger charge is 2.18. The summed E-state index contributed by atoms with van der Waals surface area (Å²) in [5.41, 5.74) is 4.64. The van der Waals surface area contributed by atoms with E-state index < -0.39 is 0 Å². The van der Waals surface area contributed by atoms with Crippen LogP contribution < -0.4 is 15.0 Å². The van der Waals surface area contributed by atoms with Crippen LogP contribution in [-0.2, 0) is 0 Å². The van der Waals surface area contributed by atoms with E-state index in [1.807, 2.05) is 55.5 Å². The number of imidazole rings is 1. The molecule has 8 heteroatoms. The van der Waals surface area contributed by atoms with Crippen molar-refractivity contribution in [1.29, 1.82) is 0 Å². The van der Waals surface area contributed by atoms with Crippen molar-refractivity contribution in [3.8, 4) is 34.0 Å². The van der Waals surface area contributed by atoms with Gasteiger partial charge in [0.15, 0.2) is 11.5 Å². The molecule has 8 nitrogen and oxygen atoms in total. The Hall–Kier alpha value is -3.91. The Bertz CT molecular complexity index is 1270. The van der Waals surface area contributed by atoms with Crippen molar-refractivity contribution >= 4 is 11.6 Å². The number of amides is 1. The molecule has 0 bridgehead atoms. The molecule has 0 fully saturated rings. The number of fused-ring (bicyclic) bond motifs is 1. The molecule has 1 amide bonds. The second-order valence-corrected chi connectivity index (χ2v) is 7.72. The van der Waals surface area contributed by atoms with Crippen molar-refractivity contribution in [3.05, 3.63) is 66.4 Å². The topological polar surface area (TPSA) is 93.2 Å². The highest BCUT2D eigenvalue weighted by atomic mass is 16.5. The quantitative estimate of drug-likeness (QED) is 0.468. The van der Waals surface area contributed by atoms with Gasteiger partial charge in [0.1, 0.15) is 11.9 Å². The van der Waals surface area contributed by atoms with E-state index in [-0.39, 0.29) is 11.7 Å². The Morgan fingerprint density at radius 1 is 1.16 bits per heavy atom. The second-order valence-electron chi connectivity index (χ2n) is 7.72. The molecule has 0 aliphatic rings. The standard InChI is InChI=1S/C24H25N5O3/c1-28(2)12-11-25-24(31)18-6-4-5-17(13-18)20-15-26-23-10-8-19(27-29(20)23)16-7-9-21(30)22(14-16)32-3/h4-10,13-15,30H,11-12H2,1-3H3,(H,25,31)/p+1. The molecule has 0 saturated heterocycles. The first-order valence-corrected chi connectivity index (χ1v) is 10.3. The Labute approximate surface area is 186 Å². The van der Waals surface area contributed by atoms with E-state index in [1.165, 1.54) is 7.11 Å². The third-order valence-corrected chi connectivity index (χ3v) is 5.16. The number of benzene rings is 2. The summed E-state index contributed by atoms with van der Waals surface area (Å²) in [5, 5.41) is 17.6. The zero-order chi connectivity index (χ0) is 22.7. The summed E-state index contributed by atoms with van der Waals surface area (Å²) in [4.78, 5) is 17.8. The fourth-order valence-corrected chi connectivity index (χ4v) is 3.43. The fourth-order valence-electron chi connectivity index (χ4n) is 3.43. The van der Waals surface area contributed by atoms with Gasteiger partial charge < -0.3 is 20.1 Å². The van der Waals surface area contributed by atoms with Crippen LogP contribution >= 0.6 is 0 Å². The molecule has 0 spiro atoms. The van der Waals surface area contributed by atoms with Crippen molar-refractivity contribution in [1.82, 2.24) is 19.8 Å². The van der Waals surface area contributed by atoms with Crippen molar-refractivity contribution in [2.45, 2.75) is 0 Å². The van der Waals surface area contributed by atoms with Crippen molar-refractivity contribution < 1.29 is 19.6 Å². The van der Waals surface area contributed by atoms with Gasteiger partial charge in [-0.25, -0.2) is 4.98 Å². The maximum atomic E-state index is 12.5. The highest BCUT2D eigenvalue weighted by Crippen LogP contribution is 2.31. The third-order valence-electron chi connectivity index (χ3n) is 5.16. The first kappa shape index (κ1) is 21.3. The van der Waals surface area contributed by atoms with Crippen LogP contribution in [0.5, 0.6) is 11.5 Å². The molecule has 0 unspecified atom stereocenters. The number of ether oxygens (including phenoxy) is 1. The second kappa shape index (κ2) is 9.07. The van der Waals surface area contributed by atoms with Crippen molar-refractivity contribution in [2.24, 2.45) is 0 Å². The van der Waals surface area contributed by atoms with Gasteiger partial charge in [-0.05, 0) is 50.5 Å². The van der Waals surface area contributed by atoms with E-state index >= 15 is 0 Å². The number of aromatic amines is 1. The monoisotopic (exact) mass is 432 g/mol. The molecule has 164 valence electrons. The third kappa shape index (κ3) is 4.40. The number of hydrogen-bond acceptors (Lipinski definition) is 5. The van der Waals surface area contributed by atoms with Gasteiger partial charge >= 0.3 is 5.65 Å². The summed E-state index contributed by atoms with van der Waals surface area (Å²) in [5.74, 6) is 0.355. The molecule has 0 aliphatic carbocycles. The number of nitrogens with one attached hydrogen (secondary N) is 2. The van der Waals surface area contributed by atoms with Gasteiger partial charge in [0.05, 0.1) is 7.11 Å². The minimum atomic E-state index is -0.108. The predicted molar refractivity (Wildman–Crippen MR) is 122 cm³/mol. The number of phenolic OH excluding ortho intramolecular Hbond substituents is 1. The first-order chi connectivity index (χ1) is 15.5. The lowest BCUT2D eigenvalue weighted by Crippen LogP contribution is -2.31. The van der Waals surface area contributed by atoms with Crippen molar-refractivity contribution in [2.75, 3.05) is 34.3 Å². The number of aromatic nitrogens is 3. The number of phenols is 1. The molecule has 2 aromatic carbocycles. The summed E-state index contributed by atoms with van der Waals surface area (Å²) in [6, 6.07) is 16.4. The molecular weight excluding hydrogens is 406 g/mol. The van der Waals surface area contributed by atoms with Gasteiger partial charge in [-0.15, -0.1) is 0 Å². The zero-order valence-electron chi connectivity index (χ0n) is 18.3. The van der Waals surface area contributed by atoms with Crippen LogP contribution in [0.3, 0.4) is 0 Å². The number of carbonyl (C=O) groups is 1. The number of likely N-dealkylation sites (N-methyl/N-ethyl adjacent to an activating group) is 1. The lowest BCUT2D eigenvalue weighted by molar-refractivity contribution is -0.343. The smallest absolute Gasteiger partial charge is 0.305 e. The lowest BCUT2D eigenvalue weighted by atomic mass is 10.1. The van der Waals surface area contributed by atoms with Crippen LogP contribution in [0.15, 0.2) is 60.8 Å². The number of carbonyl (C=O) groups excluding carboxylic acids is 1. The minimum absolute atomic E-state index is 0.0768. The number of nitrogens with zero attached hydrogens (tertiary/aromatic N) is 3. The summed E-state index contributed by atoms with van der Waals surface area (Å²) in [7, 11) is 5.45. The Morgan fingerprint density at radius 2 is 2.00 bits per heavy atom. The lowest BCUT2D eigenvalue weighted by Gasteiger charge is -2.10. The summed E-state index contributed by atoms with van der Waals surface area (Å²) < 4.78 is 7.02. The van der Waals surface area contributed by atoms with E-state index in [0.29, 0.717) is 17.9 Å². The Kier molecular flexibility index (Phi) is 6.04. The average Bonchev–Trinajstić information content (AvgIpc) is 3.22. The fraction of sp³-hybridized carbons (Fsp3) is 0.208. The van der Waals surface area contributed by atoms with Crippen LogP contribution in [0.2, 0.25) is 0 Å². The SMILES string of the molecule is COc1cc(-c2ccc3[nH+]cc(-c4cccc(C(=O)NCCN(C)C)c4)n3n2)ccc1O. The predicted octanol–water partition coefficient (Wildman–Crippen LogP) is 2.49. The zero-order valence-corrected chi connectivity index (χ0v) is 18.3. The molecule has 0 radical (unpaired) electrons. The molecule has 0 aliphatic heterocycles. The molecule has 2 aromatic heterocycles. The normalized spacial score (nSPS) is 11.1.